The number of hydrogen-bond donors (Lipinski definition) is 1. The van der Waals surface area contributed by atoms with Crippen LogP contribution in [0, 0.1) is 0 Å². The number of amides is 1. The molecule has 6 nitrogen and oxygen atoms in total. The van der Waals surface area contributed by atoms with Crippen LogP contribution >= 0.6 is 0 Å². The molecule has 1 aliphatic heterocycles. The molecule has 7 heteroatoms. The van der Waals surface area contributed by atoms with Crippen LogP contribution in [-0.4, -0.2) is 55.8 Å². The third-order valence-corrected chi connectivity index (χ3v) is 7.53. The van der Waals surface area contributed by atoms with Crippen LogP contribution in [0.15, 0.2) is 59.5 Å². The lowest BCUT2D eigenvalue weighted by molar-refractivity contribution is 0.0934. The number of carbonyl (C=O) groups excluding carboxylic acids is 1. The average Bonchev–Trinajstić information content (AvgIpc) is 2.78. The fourth-order valence-electron chi connectivity index (χ4n) is 3.68. The molecule has 30 heavy (non-hydrogen) atoms. The van der Waals surface area contributed by atoms with Crippen molar-refractivity contribution in [1.29, 1.82) is 0 Å². The van der Waals surface area contributed by atoms with Gasteiger partial charge in [0, 0.05) is 44.3 Å². The van der Waals surface area contributed by atoms with E-state index >= 15 is 0 Å². The lowest BCUT2D eigenvalue weighted by Gasteiger charge is -2.34. The van der Waals surface area contributed by atoms with Gasteiger partial charge >= 0.3 is 0 Å². The summed E-state index contributed by atoms with van der Waals surface area (Å²) in [6.07, 6.45) is 1.68. The van der Waals surface area contributed by atoms with Crippen molar-refractivity contribution >= 4 is 15.9 Å². The summed E-state index contributed by atoms with van der Waals surface area (Å²) in [6, 6.07) is 16.6. The Kier molecular flexibility index (Phi) is 7.64. The second-order valence-corrected chi connectivity index (χ2v) is 9.62. The Morgan fingerprint density at radius 1 is 0.967 bits per heavy atom. The number of carbonyl (C=O) groups is 1. The summed E-state index contributed by atoms with van der Waals surface area (Å²) in [5.74, 6) is -0.228. The molecule has 0 radical (unpaired) electrons. The summed E-state index contributed by atoms with van der Waals surface area (Å²) in [7, 11) is -3.63. The van der Waals surface area contributed by atoms with Gasteiger partial charge in [0.2, 0.25) is 10.0 Å². The van der Waals surface area contributed by atoms with E-state index in [1.54, 1.807) is 18.2 Å². The topological polar surface area (TPSA) is 69.7 Å². The van der Waals surface area contributed by atoms with Gasteiger partial charge in [0.1, 0.15) is 0 Å². The van der Waals surface area contributed by atoms with Gasteiger partial charge in [0.25, 0.3) is 5.91 Å². The van der Waals surface area contributed by atoms with Crippen LogP contribution in [0.2, 0.25) is 0 Å². The number of nitrogens with one attached hydrogen (secondary N) is 1. The fraction of sp³-hybridized carbons (Fsp3) is 0.435. The van der Waals surface area contributed by atoms with Crippen LogP contribution in [0.5, 0.6) is 0 Å². The van der Waals surface area contributed by atoms with Crippen molar-refractivity contribution in [2.45, 2.75) is 44.2 Å². The zero-order valence-electron chi connectivity index (χ0n) is 17.8. The minimum atomic E-state index is -3.63. The van der Waals surface area contributed by atoms with Gasteiger partial charge in [0.05, 0.1) is 4.90 Å². The molecule has 2 aromatic carbocycles. The Balaban J connectivity index is 1.65. The van der Waals surface area contributed by atoms with E-state index in [1.807, 2.05) is 32.0 Å². The van der Waals surface area contributed by atoms with Crippen molar-refractivity contribution in [3.05, 3.63) is 65.7 Å². The first-order chi connectivity index (χ1) is 14.4. The van der Waals surface area contributed by atoms with Gasteiger partial charge in [0.15, 0.2) is 0 Å². The lowest BCUT2D eigenvalue weighted by atomic mass is 10.1. The first-order valence-electron chi connectivity index (χ1n) is 10.6. The van der Waals surface area contributed by atoms with Gasteiger partial charge in [-0.25, -0.2) is 8.42 Å². The highest BCUT2D eigenvalue weighted by Crippen LogP contribution is 2.20. The van der Waals surface area contributed by atoms with E-state index in [9.17, 15) is 13.2 Å². The molecule has 2 aromatic rings. The van der Waals surface area contributed by atoms with Gasteiger partial charge in [-0.3, -0.25) is 9.69 Å². The molecule has 1 saturated heterocycles. The molecule has 1 N–H and O–H groups in total. The van der Waals surface area contributed by atoms with Crippen LogP contribution in [-0.2, 0) is 16.6 Å². The number of nitrogens with zero attached hydrogens (tertiary/aromatic N) is 2. The quantitative estimate of drug-likeness (QED) is 0.700. The van der Waals surface area contributed by atoms with Gasteiger partial charge in [-0.05, 0) is 36.6 Å². The van der Waals surface area contributed by atoms with E-state index in [4.69, 9.17) is 0 Å². The highest BCUT2D eigenvalue weighted by atomic mass is 32.2. The zero-order chi connectivity index (χ0) is 21.6. The predicted octanol–water partition coefficient (Wildman–Crippen LogP) is 3.11. The number of hydrogen-bond acceptors (Lipinski definition) is 4. The molecule has 3 rings (SSSR count). The largest absolute Gasteiger partial charge is 0.349 e. The zero-order valence-corrected chi connectivity index (χ0v) is 18.6. The van der Waals surface area contributed by atoms with Crippen molar-refractivity contribution < 1.29 is 13.2 Å². The SMILES string of the molecule is CCC(CC)NC(=O)c1cccc(S(=O)(=O)N2CCN(Cc3ccccc3)CC2)c1. The Labute approximate surface area is 179 Å². The minimum Gasteiger partial charge on any atom is -0.349 e. The monoisotopic (exact) mass is 429 g/mol. The highest BCUT2D eigenvalue weighted by molar-refractivity contribution is 7.89. The summed E-state index contributed by atoms with van der Waals surface area (Å²) in [6.45, 7) is 7.12. The fourth-order valence-corrected chi connectivity index (χ4v) is 5.15. The van der Waals surface area contributed by atoms with Crippen LogP contribution in [0.25, 0.3) is 0 Å². The molecule has 0 bridgehead atoms. The Morgan fingerprint density at radius 3 is 2.27 bits per heavy atom. The standard InChI is InChI=1S/C23H31N3O3S/c1-3-21(4-2)24-23(27)20-11-8-12-22(17-20)30(28,29)26-15-13-25(14-16-26)18-19-9-6-5-7-10-19/h5-12,17,21H,3-4,13-16,18H2,1-2H3,(H,24,27). The van der Waals surface area contributed by atoms with Gasteiger partial charge in [-0.2, -0.15) is 4.31 Å². The van der Waals surface area contributed by atoms with Gasteiger partial charge < -0.3 is 5.32 Å². The molecule has 0 atom stereocenters. The van der Waals surface area contributed by atoms with Crippen LogP contribution in [0.1, 0.15) is 42.6 Å². The molecule has 0 aliphatic carbocycles. The number of rotatable bonds is 8. The third kappa shape index (κ3) is 5.47. The Morgan fingerprint density at radius 2 is 1.63 bits per heavy atom. The molecule has 1 fully saturated rings. The summed E-state index contributed by atoms with van der Waals surface area (Å²) in [5.41, 5.74) is 1.61. The van der Waals surface area contributed by atoms with Crippen molar-refractivity contribution in [2.24, 2.45) is 0 Å². The normalized spacial score (nSPS) is 16.0. The summed E-state index contributed by atoms with van der Waals surface area (Å²) >= 11 is 0. The van der Waals surface area contributed by atoms with Crippen molar-refractivity contribution in [1.82, 2.24) is 14.5 Å². The summed E-state index contributed by atoms with van der Waals surface area (Å²) in [4.78, 5) is 15.0. The molecular formula is C23H31N3O3S. The molecule has 0 saturated carbocycles. The van der Waals surface area contributed by atoms with Crippen molar-refractivity contribution in [2.75, 3.05) is 26.2 Å². The summed E-state index contributed by atoms with van der Waals surface area (Å²) in [5, 5.41) is 2.97. The molecule has 0 unspecified atom stereocenters. The molecular weight excluding hydrogens is 398 g/mol. The maximum absolute atomic E-state index is 13.1. The number of sulfonamides is 1. The Hall–Kier alpha value is -2.22. The number of benzene rings is 2. The third-order valence-electron chi connectivity index (χ3n) is 5.64. The van der Waals surface area contributed by atoms with Crippen molar-refractivity contribution in [3.63, 3.8) is 0 Å². The molecule has 162 valence electrons. The van der Waals surface area contributed by atoms with Crippen LogP contribution in [0.3, 0.4) is 0 Å². The van der Waals surface area contributed by atoms with Crippen LogP contribution < -0.4 is 5.32 Å². The molecule has 0 aromatic heterocycles. The molecule has 1 heterocycles. The van der Waals surface area contributed by atoms with E-state index in [1.165, 1.54) is 15.9 Å². The highest BCUT2D eigenvalue weighted by Gasteiger charge is 2.29. The second kappa shape index (κ2) is 10.2. The minimum absolute atomic E-state index is 0.0930. The average molecular weight is 430 g/mol. The van der Waals surface area contributed by atoms with E-state index in [-0.39, 0.29) is 16.8 Å². The number of piperazine rings is 1. The first kappa shape index (κ1) is 22.5. The van der Waals surface area contributed by atoms with E-state index in [0.717, 1.165) is 19.4 Å². The lowest BCUT2D eigenvalue weighted by Crippen LogP contribution is -2.48. The van der Waals surface area contributed by atoms with E-state index in [0.29, 0.717) is 31.7 Å². The maximum Gasteiger partial charge on any atom is 0.251 e. The van der Waals surface area contributed by atoms with Crippen LogP contribution in [0.4, 0.5) is 0 Å². The predicted molar refractivity (Wildman–Crippen MR) is 119 cm³/mol. The van der Waals surface area contributed by atoms with Crippen molar-refractivity contribution in [3.8, 4) is 0 Å². The maximum atomic E-state index is 13.1. The van der Waals surface area contributed by atoms with E-state index < -0.39 is 10.0 Å². The van der Waals surface area contributed by atoms with Gasteiger partial charge in [-0.1, -0.05) is 50.2 Å². The van der Waals surface area contributed by atoms with Gasteiger partial charge in [-0.15, -0.1) is 0 Å². The Bertz CT molecular complexity index is 935. The van der Waals surface area contributed by atoms with E-state index in [2.05, 4.69) is 22.3 Å². The summed E-state index contributed by atoms with van der Waals surface area (Å²) < 4.78 is 27.8. The molecule has 0 spiro atoms. The smallest absolute Gasteiger partial charge is 0.251 e. The first-order valence-corrected chi connectivity index (χ1v) is 12.1. The second-order valence-electron chi connectivity index (χ2n) is 7.68. The molecule has 1 amide bonds. The molecule has 1 aliphatic rings.